The molecule has 0 aromatic heterocycles. The first-order valence-corrected chi connectivity index (χ1v) is 14.8. The van der Waals surface area contributed by atoms with Gasteiger partial charge < -0.3 is 36.8 Å². The second kappa shape index (κ2) is 14.5. The molecule has 2 aromatic carbocycles. The van der Waals surface area contributed by atoms with Crippen molar-refractivity contribution in [2.24, 2.45) is 22.4 Å². The third-order valence-electron chi connectivity index (χ3n) is 6.83. The van der Waals surface area contributed by atoms with Crippen molar-refractivity contribution in [3.05, 3.63) is 71.8 Å². The van der Waals surface area contributed by atoms with E-state index in [4.69, 9.17) is 16.2 Å². The maximum atomic E-state index is 14.1. The first kappa shape index (κ1) is 30.6. The fourth-order valence-corrected chi connectivity index (χ4v) is 7.37. The zero-order chi connectivity index (χ0) is 29.1. The molecule has 1 aliphatic rings. The number of aliphatic imine (C=N–C) groups is 1. The highest BCUT2D eigenvalue weighted by atomic mass is 31.2. The number of benzene rings is 2. The molecule has 0 heterocycles. The second-order valence-electron chi connectivity index (χ2n) is 9.68. The molecule has 5 atom stereocenters. The summed E-state index contributed by atoms with van der Waals surface area (Å²) in [6.45, 7) is -0.0360. The van der Waals surface area contributed by atoms with Crippen LogP contribution in [-0.4, -0.2) is 58.0 Å². The molecule has 0 saturated heterocycles. The van der Waals surface area contributed by atoms with E-state index in [0.717, 1.165) is 11.1 Å². The van der Waals surface area contributed by atoms with Crippen molar-refractivity contribution >= 4 is 31.3 Å². The van der Waals surface area contributed by atoms with Gasteiger partial charge in [0, 0.05) is 24.5 Å². The number of carboxylic acid groups (broad SMARTS) is 1. The highest BCUT2D eigenvalue weighted by Crippen LogP contribution is 2.58. The van der Waals surface area contributed by atoms with Crippen LogP contribution in [0.25, 0.3) is 0 Å². The number of nitrogens with one attached hydrogen (secondary N) is 2. The van der Waals surface area contributed by atoms with Gasteiger partial charge in [0.05, 0.1) is 0 Å². The van der Waals surface area contributed by atoms with Crippen molar-refractivity contribution in [3.8, 4) is 0 Å². The SMILES string of the molecule is NC(N)=NCCC(NC(=O)C1CCCC1P(=O)(O)C(Cc1ccccc1)NC(=O)OCc1ccccc1)C(=O)O. The quantitative estimate of drug-likeness (QED) is 0.118. The van der Waals surface area contributed by atoms with E-state index >= 15 is 0 Å². The molecule has 0 radical (unpaired) electrons. The number of ether oxygens (including phenoxy) is 1. The summed E-state index contributed by atoms with van der Waals surface area (Å²) in [5, 5.41) is 14.6. The summed E-state index contributed by atoms with van der Waals surface area (Å²) < 4.78 is 19.4. The number of carboxylic acids is 1. The molecule has 12 nitrogen and oxygen atoms in total. The highest BCUT2D eigenvalue weighted by Gasteiger charge is 2.49. The predicted octanol–water partition coefficient (Wildman–Crippen LogP) is 2.15. The minimum Gasteiger partial charge on any atom is -0.480 e. The number of alkyl carbamates (subject to hydrolysis) is 1. The van der Waals surface area contributed by atoms with Crippen LogP contribution in [0.1, 0.15) is 36.8 Å². The molecule has 216 valence electrons. The molecule has 1 fully saturated rings. The van der Waals surface area contributed by atoms with Crippen LogP contribution in [0.5, 0.6) is 0 Å². The Morgan fingerprint density at radius 1 is 1.00 bits per heavy atom. The summed E-state index contributed by atoms with van der Waals surface area (Å²) in [6.07, 6.45) is 0.190. The van der Waals surface area contributed by atoms with E-state index in [2.05, 4.69) is 15.6 Å². The fraction of sp³-hybridized carbons (Fsp3) is 0.407. The second-order valence-corrected chi connectivity index (χ2v) is 12.3. The zero-order valence-electron chi connectivity index (χ0n) is 22.0. The lowest BCUT2D eigenvalue weighted by molar-refractivity contribution is -0.142. The summed E-state index contributed by atoms with van der Waals surface area (Å²) >= 11 is 0. The van der Waals surface area contributed by atoms with Gasteiger partial charge in [-0.2, -0.15) is 0 Å². The van der Waals surface area contributed by atoms with Crippen LogP contribution in [0.3, 0.4) is 0 Å². The molecule has 0 aliphatic heterocycles. The van der Waals surface area contributed by atoms with Crippen molar-refractivity contribution in [1.29, 1.82) is 0 Å². The number of aliphatic carboxylic acids is 1. The summed E-state index contributed by atoms with van der Waals surface area (Å²) in [5.41, 5.74) is 11.1. The van der Waals surface area contributed by atoms with E-state index in [9.17, 15) is 28.9 Å². The van der Waals surface area contributed by atoms with E-state index in [0.29, 0.717) is 12.8 Å². The number of carbonyl (C=O) groups excluding carboxylic acids is 2. The topological polar surface area (TPSA) is 206 Å². The molecule has 8 N–H and O–H groups in total. The number of rotatable bonds is 13. The van der Waals surface area contributed by atoms with E-state index in [1.807, 2.05) is 12.1 Å². The fourth-order valence-electron chi connectivity index (χ4n) is 4.79. The normalized spacial score (nSPS) is 19.4. The Hall–Kier alpha value is -3.89. The van der Waals surface area contributed by atoms with Gasteiger partial charge in [0.15, 0.2) is 5.96 Å². The monoisotopic (exact) mass is 573 g/mol. The van der Waals surface area contributed by atoms with Crippen LogP contribution < -0.4 is 22.1 Å². The van der Waals surface area contributed by atoms with Crippen LogP contribution in [0, 0.1) is 5.92 Å². The Morgan fingerprint density at radius 3 is 2.23 bits per heavy atom. The first-order chi connectivity index (χ1) is 19.1. The molecule has 1 saturated carbocycles. The highest BCUT2D eigenvalue weighted by molar-refractivity contribution is 7.59. The summed E-state index contributed by atoms with van der Waals surface area (Å²) in [4.78, 5) is 52.8. The van der Waals surface area contributed by atoms with Gasteiger partial charge in [-0.25, -0.2) is 9.59 Å². The number of nitrogens with zero attached hydrogens (tertiary/aromatic N) is 1. The Kier molecular flexibility index (Phi) is 11.1. The van der Waals surface area contributed by atoms with Crippen molar-refractivity contribution in [1.82, 2.24) is 10.6 Å². The number of hydrogen-bond donors (Lipinski definition) is 6. The average molecular weight is 574 g/mol. The lowest BCUT2D eigenvalue weighted by Gasteiger charge is -2.31. The van der Waals surface area contributed by atoms with Crippen molar-refractivity contribution in [3.63, 3.8) is 0 Å². The lowest BCUT2D eigenvalue weighted by Crippen LogP contribution is -2.47. The standard InChI is InChI=1S/C27H36N5O7P/c28-26(29)30-15-14-21(25(34)35)31-24(33)20-12-7-13-22(20)40(37,38)23(16-18-8-3-1-4-9-18)32-27(36)39-17-19-10-5-2-6-11-19/h1-6,8-11,20-23H,7,12-17H2,(H,31,33)(H,32,36)(H,34,35)(H,37,38)(H4,28,29,30). The van der Waals surface area contributed by atoms with Gasteiger partial charge >= 0.3 is 12.1 Å². The van der Waals surface area contributed by atoms with E-state index in [1.165, 1.54) is 0 Å². The Labute approximate surface area is 232 Å². The van der Waals surface area contributed by atoms with Crippen LogP contribution in [0.2, 0.25) is 0 Å². The number of nitrogens with two attached hydrogens (primary N) is 2. The number of carbonyl (C=O) groups is 3. The van der Waals surface area contributed by atoms with Gasteiger partial charge in [-0.05, 0) is 30.4 Å². The van der Waals surface area contributed by atoms with Gasteiger partial charge in [-0.1, -0.05) is 67.1 Å². The summed E-state index contributed by atoms with van der Waals surface area (Å²) in [7, 11) is -4.25. The van der Waals surface area contributed by atoms with E-state index in [1.54, 1.807) is 48.5 Å². The average Bonchev–Trinajstić information content (AvgIpc) is 3.43. The molecular weight excluding hydrogens is 537 g/mol. The van der Waals surface area contributed by atoms with Gasteiger partial charge in [0.2, 0.25) is 13.3 Å². The number of amides is 2. The smallest absolute Gasteiger partial charge is 0.408 e. The molecule has 2 amide bonds. The maximum Gasteiger partial charge on any atom is 0.408 e. The Morgan fingerprint density at radius 2 is 1.62 bits per heavy atom. The third-order valence-corrected chi connectivity index (χ3v) is 9.61. The molecule has 13 heteroatoms. The number of guanidine groups is 1. The summed E-state index contributed by atoms with van der Waals surface area (Å²) in [6, 6.07) is 16.7. The first-order valence-electron chi connectivity index (χ1n) is 13.0. The van der Waals surface area contributed by atoms with Gasteiger partial charge in [0.1, 0.15) is 18.4 Å². The molecule has 2 aromatic rings. The van der Waals surface area contributed by atoms with Gasteiger partial charge in [0.25, 0.3) is 0 Å². The Balaban J connectivity index is 1.76. The van der Waals surface area contributed by atoms with Crippen molar-refractivity contribution in [2.75, 3.05) is 6.54 Å². The molecule has 0 bridgehead atoms. The molecule has 1 aliphatic carbocycles. The zero-order valence-corrected chi connectivity index (χ0v) is 22.9. The molecule has 3 rings (SSSR count). The maximum absolute atomic E-state index is 14.1. The summed E-state index contributed by atoms with van der Waals surface area (Å²) in [5.74, 6) is -4.26. The van der Waals surface area contributed by atoms with Crippen molar-refractivity contribution in [2.45, 2.75) is 56.2 Å². The Bertz CT molecular complexity index is 1220. The molecule has 5 unspecified atom stereocenters. The van der Waals surface area contributed by atoms with E-state index in [-0.39, 0.29) is 38.4 Å². The van der Waals surface area contributed by atoms with Gasteiger partial charge in [-0.3, -0.25) is 14.4 Å². The third kappa shape index (κ3) is 8.82. The van der Waals surface area contributed by atoms with Gasteiger partial charge in [-0.15, -0.1) is 0 Å². The van der Waals surface area contributed by atoms with Crippen LogP contribution in [0.4, 0.5) is 4.79 Å². The van der Waals surface area contributed by atoms with Crippen LogP contribution in [0.15, 0.2) is 65.7 Å². The largest absolute Gasteiger partial charge is 0.480 e. The van der Waals surface area contributed by atoms with Crippen LogP contribution in [-0.2, 0) is 31.9 Å². The molecular formula is C27H36N5O7P. The van der Waals surface area contributed by atoms with Crippen LogP contribution >= 0.6 is 7.37 Å². The molecule has 0 spiro atoms. The van der Waals surface area contributed by atoms with E-state index < -0.39 is 48.7 Å². The minimum absolute atomic E-state index is 0.0136. The predicted molar refractivity (Wildman–Crippen MR) is 150 cm³/mol. The van der Waals surface area contributed by atoms with Crippen molar-refractivity contribution < 1.29 is 33.7 Å². The minimum atomic E-state index is -4.25. The lowest BCUT2D eigenvalue weighted by atomic mass is 10.1. The number of hydrogen-bond acceptors (Lipinski definition) is 6. The molecule has 40 heavy (non-hydrogen) atoms.